The molecule has 0 aliphatic heterocycles. The largest absolute Gasteiger partial charge is 0.293 e. The molecule has 2 aliphatic rings. The van der Waals surface area contributed by atoms with Crippen LogP contribution in [-0.4, -0.2) is 26.7 Å². The van der Waals surface area contributed by atoms with E-state index in [9.17, 15) is 4.79 Å². The zero-order valence-electron chi connectivity index (χ0n) is 17.6. The van der Waals surface area contributed by atoms with Crippen molar-refractivity contribution < 1.29 is 4.79 Å². The summed E-state index contributed by atoms with van der Waals surface area (Å²) in [6.07, 6.45) is 2.31. The Bertz CT molecular complexity index is 1110. The number of benzene rings is 2. The average molecular weight is 416 g/mol. The number of thioether (sulfide) groups is 1. The smallest absolute Gasteiger partial charge is 0.209 e. The number of carbonyl (C=O) groups is 1. The van der Waals surface area contributed by atoms with Crippen LogP contribution in [-0.2, 0) is 5.41 Å². The molecule has 4 nitrogen and oxygen atoms in total. The van der Waals surface area contributed by atoms with Crippen LogP contribution in [0.25, 0.3) is 11.1 Å². The lowest BCUT2D eigenvalue weighted by atomic mass is 9.70. The normalized spacial score (nSPS) is 23.4. The summed E-state index contributed by atoms with van der Waals surface area (Å²) in [6, 6.07) is 18.0. The Hall–Kier alpha value is -2.53. The van der Waals surface area contributed by atoms with E-state index < -0.39 is 0 Å². The molecule has 30 heavy (non-hydrogen) atoms. The lowest BCUT2D eigenvalue weighted by Gasteiger charge is -2.33. The fourth-order valence-corrected chi connectivity index (χ4v) is 5.80. The molecule has 2 aromatic carbocycles. The molecular formula is C25H25N3OS. The molecule has 2 atom stereocenters. The summed E-state index contributed by atoms with van der Waals surface area (Å²) in [5.74, 6) is 0.840. The molecule has 2 aliphatic carbocycles. The zero-order valence-corrected chi connectivity index (χ0v) is 18.4. The van der Waals surface area contributed by atoms with Gasteiger partial charge in [0.05, 0.1) is 17.1 Å². The molecule has 0 spiro atoms. The molecule has 0 unspecified atom stereocenters. The highest BCUT2D eigenvalue weighted by atomic mass is 32.2. The highest BCUT2D eigenvalue weighted by Gasteiger charge is 2.61. The van der Waals surface area contributed by atoms with Crippen LogP contribution < -0.4 is 0 Å². The van der Waals surface area contributed by atoms with Gasteiger partial charge in [0.15, 0.2) is 5.78 Å². The van der Waals surface area contributed by atoms with Crippen molar-refractivity contribution in [3.63, 3.8) is 0 Å². The van der Waals surface area contributed by atoms with Gasteiger partial charge in [-0.05, 0) is 29.4 Å². The lowest BCUT2D eigenvalue weighted by molar-refractivity contribution is 0.102. The van der Waals surface area contributed by atoms with Crippen LogP contribution in [0.1, 0.15) is 61.3 Å². The second-order valence-corrected chi connectivity index (χ2v) is 10.1. The first-order valence-corrected chi connectivity index (χ1v) is 11.5. The lowest BCUT2D eigenvalue weighted by Crippen LogP contribution is -2.32. The summed E-state index contributed by atoms with van der Waals surface area (Å²) < 4.78 is 0. The molecule has 0 amide bonds. The van der Waals surface area contributed by atoms with Gasteiger partial charge in [-0.2, -0.15) is 5.10 Å². The molecule has 0 radical (unpaired) electrons. The predicted molar refractivity (Wildman–Crippen MR) is 120 cm³/mol. The van der Waals surface area contributed by atoms with Crippen LogP contribution in [0.15, 0.2) is 59.8 Å². The van der Waals surface area contributed by atoms with Crippen molar-refractivity contribution in [2.75, 3.05) is 5.75 Å². The number of ketones is 1. The van der Waals surface area contributed by atoms with Gasteiger partial charge in [-0.25, -0.2) is 4.98 Å². The second-order valence-electron chi connectivity index (χ2n) is 9.13. The van der Waals surface area contributed by atoms with E-state index in [4.69, 9.17) is 4.98 Å². The third-order valence-electron chi connectivity index (χ3n) is 7.42. The Morgan fingerprint density at radius 1 is 1.00 bits per heavy atom. The van der Waals surface area contributed by atoms with Gasteiger partial charge in [-0.15, -0.1) is 5.10 Å². The third kappa shape index (κ3) is 2.90. The number of fused-ring (bicyclic) bond motifs is 5. The molecule has 0 saturated heterocycles. The van der Waals surface area contributed by atoms with E-state index in [1.807, 2.05) is 42.5 Å². The molecule has 5 heteroatoms. The van der Waals surface area contributed by atoms with Crippen LogP contribution in [0.2, 0.25) is 0 Å². The van der Waals surface area contributed by atoms with E-state index in [0.717, 1.165) is 35.4 Å². The summed E-state index contributed by atoms with van der Waals surface area (Å²) in [7, 11) is 0. The molecule has 1 saturated carbocycles. The number of aromatic nitrogens is 3. The van der Waals surface area contributed by atoms with Crippen molar-refractivity contribution in [1.29, 1.82) is 0 Å². The zero-order chi connectivity index (χ0) is 20.9. The van der Waals surface area contributed by atoms with E-state index in [1.165, 1.54) is 11.8 Å². The van der Waals surface area contributed by atoms with Crippen molar-refractivity contribution in [2.24, 2.45) is 5.41 Å². The fraction of sp³-hybridized carbons (Fsp3) is 0.360. The summed E-state index contributed by atoms with van der Waals surface area (Å²) in [6.45, 7) is 6.95. The fourth-order valence-electron chi connectivity index (χ4n) is 5.12. The van der Waals surface area contributed by atoms with E-state index in [2.05, 4.69) is 43.1 Å². The van der Waals surface area contributed by atoms with Crippen LogP contribution in [0.3, 0.4) is 0 Å². The van der Waals surface area contributed by atoms with E-state index in [-0.39, 0.29) is 16.6 Å². The Kier molecular flexibility index (Phi) is 4.55. The predicted octanol–water partition coefficient (Wildman–Crippen LogP) is 5.69. The molecular weight excluding hydrogens is 390 g/mol. The van der Waals surface area contributed by atoms with Crippen LogP contribution >= 0.6 is 11.8 Å². The minimum absolute atomic E-state index is 0.0511. The minimum Gasteiger partial charge on any atom is -0.293 e. The highest BCUT2D eigenvalue weighted by Crippen LogP contribution is 2.66. The Morgan fingerprint density at radius 3 is 2.43 bits per heavy atom. The van der Waals surface area contributed by atoms with Gasteiger partial charge < -0.3 is 0 Å². The topological polar surface area (TPSA) is 55.7 Å². The maximum absolute atomic E-state index is 12.7. The van der Waals surface area contributed by atoms with Crippen LogP contribution in [0.5, 0.6) is 0 Å². The van der Waals surface area contributed by atoms with Gasteiger partial charge >= 0.3 is 0 Å². The van der Waals surface area contributed by atoms with Gasteiger partial charge in [0, 0.05) is 16.9 Å². The Labute approximate surface area is 181 Å². The number of carbonyl (C=O) groups excluding carboxylic acids is 1. The highest BCUT2D eigenvalue weighted by molar-refractivity contribution is 7.99. The molecule has 2 bridgehead atoms. The molecule has 3 aromatic rings. The molecule has 152 valence electrons. The van der Waals surface area contributed by atoms with Crippen molar-refractivity contribution >= 4 is 17.5 Å². The maximum Gasteiger partial charge on any atom is 0.209 e. The van der Waals surface area contributed by atoms with Crippen molar-refractivity contribution in [3.8, 4) is 11.1 Å². The van der Waals surface area contributed by atoms with Gasteiger partial charge in [-0.1, -0.05) is 87.1 Å². The SMILES string of the molecule is CC1(C)[C@H]2CC[C@@]1(C)c1nc(SCC(=O)c3ccc(-c4ccccc4)cc3)nnc12. The Balaban J connectivity index is 1.29. The maximum atomic E-state index is 12.7. The molecule has 0 N–H and O–H groups in total. The molecule has 5 rings (SSSR count). The quantitative estimate of drug-likeness (QED) is 0.396. The molecule has 1 heterocycles. The van der Waals surface area contributed by atoms with Crippen LogP contribution in [0.4, 0.5) is 0 Å². The number of rotatable bonds is 5. The molecule has 1 fully saturated rings. The van der Waals surface area contributed by atoms with Crippen molar-refractivity contribution in [3.05, 3.63) is 71.5 Å². The first-order chi connectivity index (χ1) is 14.4. The number of hydrogen-bond donors (Lipinski definition) is 0. The monoisotopic (exact) mass is 415 g/mol. The average Bonchev–Trinajstić information content (AvgIpc) is 3.11. The summed E-state index contributed by atoms with van der Waals surface area (Å²) in [4.78, 5) is 17.6. The summed E-state index contributed by atoms with van der Waals surface area (Å²) in [5, 5.41) is 9.47. The first-order valence-electron chi connectivity index (χ1n) is 10.5. The summed E-state index contributed by atoms with van der Waals surface area (Å²) in [5.41, 5.74) is 5.35. The van der Waals surface area contributed by atoms with Gasteiger partial charge in [0.2, 0.25) is 5.16 Å². The van der Waals surface area contributed by atoms with Crippen molar-refractivity contribution in [1.82, 2.24) is 15.2 Å². The van der Waals surface area contributed by atoms with Crippen LogP contribution in [0, 0.1) is 5.41 Å². The summed E-state index contributed by atoms with van der Waals surface area (Å²) >= 11 is 1.38. The third-order valence-corrected chi connectivity index (χ3v) is 8.26. The minimum atomic E-state index is 0.0511. The van der Waals surface area contributed by atoms with E-state index in [0.29, 0.717) is 22.4 Å². The number of nitrogens with zero attached hydrogens (tertiary/aromatic N) is 3. The van der Waals surface area contributed by atoms with Gasteiger partial charge in [0.1, 0.15) is 0 Å². The van der Waals surface area contributed by atoms with Gasteiger partial charge in [0.25, 0.3) is 0 Å². The van der Waals surface area contributed by atoms with E-state index in [1.54, 1.807) is 0 Å². The number of Topliss-reactive ketones (excluding diaryl/α,β-unsaturated/α-hetero) is 1. The second kappa shape index (κ2) is 7.02. The van der Waals surface area contributed by atoms with Crippen molar-refractivity contribution in [2.45, 2.75) is 50.1 Å². The molecule has 1 aromatic heterocycles. The number of hydrogen-bond acceptors (Lipinski definition) is 5. The first kappa shape index (κ1) is 19.4. The van der Waals surface area contributed by atoms with Gasteiger partial charge in [-0.3, -0.25) is 4.79 Å². The Morgan fingerprint density at radius 2 is 1.70 bits per heavy atom. The standard InChI is InChI=1S/C25H25N3OS/c1-24(2)19-13-14-25(24,3)22-21(19)27-28-23(26-22)30-15-20(29)18-11-9-17(10-12-18)16-7-5-4-6-8-16/h4-12,19H,13-15H2,1-3H3/t19-,25-/m0/s1. The van der Waals surface area contributed by atoms with E-state index >= 15 is 0 Å².